The molecule has 2 saturated carbocycles. The van der Waals surface area contributed by atoms with Crippen molar-refractivity contribution >= 4 is 11.9 Å². The second-order valence-electron chi connectivity index (χ2n) is 6.91. The van der Waals surface area contributed by atoms with Gasteiger partial charge in [0.25, 0.3) is 5.91 Å². The maximum atomic E-state index is 12.1. The maximum absolute atomic E-state index is 12.1. The second kappa shape index (κ2) is 7.32. The molecule has 1 aromatic carbocycles. The maximum Gasteiger partial charge on any atom is 0.317 e. The summed E-state index contributed by atoms with van der Waals surface area (Å²) >= 11 is 0. The quantitative estimate of drug-likeness (QED) is 0.665. The minimum atomic E-state index is -1.16. The van der Waals surface area contributed by atoms with Crippen LogP contribution in [0.2, 0.25) is 0 Å². The number of carboxylic acids is 1. The van der Waals surface area contributed by atoms with Crippen LogP contribution in [-0.2, 0) is 9.59 Å². The van der Waals surface area contributed by atoms with Crippen molar-refractivity contribution in [3.8, 4) is 0 Å². The van der Waals surface area contributed by atoms with Crippen molar-refractivity contribution in [2.75, 3.05) is 13.1 Å². The van der Waals surface area contributed by atoms with Crippen LogP contribution < -0.4 is 5.32 Å². The number of aliphatic hydroxyl groups is 1. The minimum Gasteiger partial charge on any atom is -0.480 e. The number of amides is 1. The fourth-order valence-electron chi connectivity index (χ4n) is 3.22. The number of hydrogen-bond donors (Lipinski definition) is 3. The number of aliphatic hydroxyl groups excluding tert-OH is 1. The highest BCUT2D eigenvalue weighted by Crippen LogP contribution is 2.33. The third-order valence-corrected chi connectivity index (χ3v) is 4.87. The molecular formula is C18H24N2O4. The van der Waals surface area contributed by atoms with Gasteiger partial charge in [-0.15, -0.1) is 0 Å². The minimum absolute atomic E-state index is 0.0105. The van der Waals surface area contributed by atoms with Gasteiger partial charge in [-0.2, -0.15) is 0 Å². The Hall–Kier alpha value is -1.92. The average molecular weight is 332 g/mol. The van der Waals surface area contributed by atoms with E-state index in [4.69, 9.17) is 5.11 Å². The molecule has 2 fully saturated rings. The zero-order valence-electron chi connectivity index (χ0n) is 13.6. The fourth-order valence-corrected chi connectivity index (χ4v) is 3.22. The van der Waals surface area contributed by atoms with E-state index in [0.717, 1.165) is 19.4 Å². The summed E-state index contributed by atoms with van der Waals surface area (Å²) in [5.41, 5.74) is 0.576. The summed E-state index contributed by atoms with van der Waals surface area (Å²) in [6.07, 6.45) is 2.70. The lowest BCUT2D eigenvalue weighted by Gasteiger charge is -2.43. The monoisotopic (exact) mass is 332 g/mol. The first-order valence-corrected chi connectivity index (χ1v) is 8.52. The molecule has 0 saturated heterocycles. The molecule has 3 N–H and O–H groups in total. The summed E-state index contributed by atoms with van der Waals surface area (Å²) in [6.45, 7) is 0.902. The van der Waals surface area contributed by atoms with Crippen molar-refractivity contribution < 1.29 is 19.8 Å². The van der Waals surface area contributed by atoms with Crippen LogP contribution in [0.25, 0.3) is 0 Å². The normalized spacial score (nSPS) is 24.2. The van der Waals surface area contributed by atoms with Crippen molar-refractivity contribution in [3.63, 3.8) is 0 Å². The molecule has 0 aromatic heterocycles. The van der Waals surface area contributed by atoms with Crippen LogP contribution in [0.15, 0.2) is 30.3 Å². The van der Waals surface area contributed by atoms with Gasteiger partial charge >= 0.3 is 5.97 Å². The van der Waals surface area contributed by atoms with Crippen LogP contribution in [-0.4, -0.2) is 52.2 Å². The van der Waals surface area contributed by atoms with E-state index in [1.807, 2.05) is 11.0 Å². The fraction of sp³-hybridized carbons (Fsp3) is 0.556. The van der Waals surface area contributed by atoms with E-state index in [1.165, 1.54) is 12.8 Å². The predicted octanol–water partition coefficient (Wildman–Crippen LogP) is 1.16. The Kier molecular flexibility index (Phi) is 5.16. The Morgan fingerprint density at radius 2 is 1.88 bits per heavy atom. The van der Waals surface area contributed by atoms with E-state index >= 15 is 0 Å². The molecule has 0 bridgehead atoms. The summed E-state index contributed by atoms with van der Waals surface area (Å²) in [5.74, 6) is -0.558. The second-order valence-corrected chi connectivity index (χ2v) is 6.91. The van der Waals surface area contributed by atoms with Crippen LogP contribution in [0.5, 0.6) is 0 Å². The molecule has 0 aliphatic heterocycles. The average Bonchev–Trinajstić information content (AvgIpc) is 3.33. The van der Waals surface area contributed by atoms with Crippen molar-refractivity contribution in [2.24, 2.45) is 5.92 Å². The Morgan fingerprint density at radius 3 is 2.46 bits per heavy atom. The first kappa shape index (κ1) is 16.9. The Morgan fingerprint density at radius 1 is 1.21 bits per heavy atom. The lowest BCUT2D eigenvalue weighted by molar-refractivity contribution is -0.140. The Balaban J connectivity index is 1.46. The highest BCUT2D eigenvalue weighted by molar-refractivity contribution is 5.82. The number of rotatable bonds is 8. The highest BCUT2D eigenvalue weighted by atomic mass is 16.4. The van der Waals surface area contributed by atoms with Crippen molar-refractivity contribution in [1.82, 2.24) is 10.2 Å². The zero-order valence-corrected chi connectivity index (χ0v) is 13.6. The third kappa shape index (κ3) is 4.33. The molecule has 1 aromatic rings. The van der Waals surface area contributed by atoms with E-state index < -0.39 is 18.0 Å². The van der Waals surface area contributed by atoms with Gasteiger partial charge in [-0.25, -0.2) is 0 Å². The molecule has 130 valence electrons. The summed E-state index contributed by atoms with van der Waals surface area (Å²) < 4.78 is 0. The van der Waals surface area contributed by atoms with Crippen molar-refractivity contribution in [1.29, 1.82) is 0 Å². The standard InChI is InChI=1S/C18H24N2O4/c21-16(22)11-20(10-12-6-7-12)15-8-14(9-15)19-18(24)17(23)13-4-2-1-3-5-13/h1-5,12,14-15,17,23H,6-11H2,(H,19,24)(H,21,22)/t14?,15?,17-/m1/s1. The Labute approximate surface area is 141 Å². The van der Waals surface area contributed by atoms with Crippen LogP contribution >= 0.6 is 0 Å². The van der Waals surface area contributed by atoms with Crippen molar-refractivity contribution in [3.05, 3.63) is 35.9 Å². The number of carbonyl (C=O) groups excluding carboxylic acids is 1. The molecule has 6 nitrogen and oxygen atoms in total. The number of carboxylic acid groups (broad SMARTS) is 1. The summed E-state index contributed by atoms with van der Waals surface area (Å²) in [7, 11) is 0. The number of aliphatic carboxylic acids is 1. The molecular weight excluding hydrogens is 308 g/mol. The summed E-state index contributed by atoms with van der Waals surface area (Å²) in [4.78, 5) is 25.2. The largest absolute Gasteiger partial charge is 0.480 e. The molecule has 0 unspecified atom stereocenters. The van der Waals surface area contributed by atoms with E-state index in [9.17, 15) is 14.7 Å². The van der Waals surface area contributed by atoms with Crippen LogP contribution in [0, 0.1) is 5.92 Å². The first-order chi connectivity index (χ1) is 11.5. The van der Waals surface area contributed by atoms with Gasteiger partial charge in [0.2, 0.25) is 0 Å². The molecule has 0 heterocycles. The van der Waals surface area contributed by atoms with Gasteiger partial charge in [0.1, 0.15) is 0 Å². The lowest BCUT2D eigenvalue weighted by Crippen LogP contribution is -2.55. The number of benzene rings is 1. The Bertz CT molecular complexity index is 582. The SMILES string of the molecule is O=C(O)CN(CC1CC1)C1CC(NC(=O)[C@H](O)c2ccccc2)C1. The third-order valence-electron chi connectivity index (χ3n) is 4.87. The summed E-state index contributed by atoms with van der Waals surface area (Å²) in [6, 6.07) is 9.06. The lowest BCUT2D eigenvalue weighted by atomic mass is 9.85. The van der Waals surface area contributed by atoms with Gasteiger partial charge in [0.15, 0.2) is 6.10 Å². The topological polar surface area (TPSA) is 89.9 Å². The molecule has 0 radical (unpaired) electrons. The molecule has 3 rings (SSSR count). The molecule has 24 heavy (non-hydrogen) atoms. The van der Waals surface area contributed by atoms with Gasteiger partial charge in [0, 0.05) is 18.6 Å². The van der Waals surface area contributed by atoms with E-state index in [2.05, 4.69) is 5.32 Å². The first-order valence-electron chi connectivity index (χ1n) is 8.52. The molecule has 1 amide bonds. The van der Waals surface area contributed by atoms with Crippen LogP contribution in [0.3, 0.4) is 0 Å². The van der Waals surface area contributed by atoms with Gasteiger partial charge in [0.05, 0.1) is 6.54 Å². The highest BCUT2D eigenvalue weighted by Gasteiger charge is 2.38. The molecule has 6 heteroatoms. The molecule has 2 aliphatic rings. The number of carbonyl (C=O) groups is 2. The van der Waals surface area contributed by atoms with E-state index in [1.54, 1.807) is 24.3 Å². The number of hydrogen-bond acceptors (Lipinski definition) is 4. The zero-order chi connectivity index (χ0) is 17.1. The van der Waals surface area contributed by atoms with E-state index in [-0.39, 0.29) is 18.6 Å². The van der Waals surface area contributed by atoms with Crippen molar-refractivity contribution in [2.45, 2.75) is 43.9 Å². The van der Waals surface area contributed by atoms with E-state index in [0.29, 0.717) is 11.5 Å². The summed E-state index contributed by atoms with van der Waals surface area (Å²) in [5, 5.41) is 22.0. The van der Waals surface area contributed by atoms with Gasteiger partial charge < -0.3 is 15.5 Å². The number of nitrogens with one attached hydrogen (secondary N) is 1. The smallest absolute Gasteiger partial charge is 0.317 e. The van der Waals surface area contributed by atoms with Gasteiger partial charge in [-0.05, 0) is 37.2 Å². The number of nitrogens with zero attached hydrogens (tertiary/aromatic N) is 1. The predicted molar refractivity (Wildman–Crippen MR) is 88.3 cm³/mol. The molecule has 2 aliphatic carbocycles. The molecule has 0 spiro atoms. The van der Waals surface area contributed by atoms with Gasteiger partial charge in [-0.3, -0.25) is 14.5 Å². The van der Waals surface area contributed by atoms with Crippen LogP contribution in [0.1, 0.15) is 37.4 Å². The molecule has 1 atom stereocenters. The van der Waals surface area contributed by atoms with Gasteiger partial charge in [-0.1, -0.05) is 30.3 Å². The van der Waals surface area contributed by atoms with Crippen LogP contribution in [0.4, 0.5) is 0 Å².